The van der Waals surface area contributed by atoms with Crippen LogP contribution in [0.2, 0.25) is 5.02 Å². The first-order valence-corrected chi connectivity index (χ1v) is 9.44. The van der Waals surface area contributed by atoms with Gasteiger partial charge in [0.05, 0.1) is 46.6 Å². The summed E-state index contributed by atoms with van der Waals surface area (Å²) in [5.41, 5.74) is 3.29. The maximum Gasteiger partial charge on any atom is 0.259 e. The number of fused-ring (bicyclic) bond motifs is 1. The molecule has 4 rings (SSSR count). The number of anilines is 1. The Kier molecular flexibility index (Phi) is 4.96. The van der Waals surface area contributed by atoms with Crippen molar-refractivity contribution in [1.82, 2.24) is 9.78 Å². The minimum Gasteiger partial charge on any atom is -0.490 e. The van der Waals surface area contributed by atoms with Gasteiger partial charge in [0.15, 0.2) is 11.5 Å². The zero-order valence-electron chi connectivity index (χ0n) is 15.7. The normalized spacial score (nSPS) is 13.1. The molecule has 0 saturated carbocycles. The van der Waals surface area contributed by atoms with Gasteiger partial charge >= 0.3 is 0 Å². The van der Waals surface area contributed by atoms with E-state index in [1.54, 1.807) is 16.8 Å². The Morgan fingerprint density at radius 1 is 1.11 bits per heavy atom. The van der Waals surface area contributed by atoms with Gasteiger partial charge in [0, 0.05) is 18.6 Å². The van der Waals surface area contributed by atoms with Gasteiger partial charge in [0.1, 0.15) is 0 Å². The molecule has 144 valence electrons. The Hall–Kier alpha value is -2.99. The molecule has 1 amide bonds. The monoisotopic (exact) mass is 397 g/mol. The topological polar surface area (TPSA) is 65.4 Å². The predicted molar refractivity (Wildman–Crippen MR) is 108 cm³/mol. The fourth-order valence-electron chi connectivity index (χ4n) is 3.26. The molecule has 0 atom stereocenters. The van der Waals surface area contributed by atoms with Gasteiger partial charge in [-0.2, -0.15) is 5.10 Å². The molecule has 0 unspecified atom stereocenters. The number of aryl methyl sites for hydroxylation is 1. The average Bonchev–Trinajstić information content (AvgIpc) is 2.84. The van der Waals surface area contributed by atoms with Crippen LogP contribution in [0, 0.1) is 13.8 Å². The van der Waals surface area contributed by atoms with Crippen LogP contribution in [0.15, 0.2) is 42.5 Å². The molecule has 0 radical (unpaired) electrons. The number of para-hydroxylation sites is 1. The summed E-state index contributed by atoms with van der Waals surface area (Å²) in [6, 6.07) is 13.1. The number of aromatic nitrogens is 2. The first-order valence-electron chi connectivity index (χ1n) is 9.06. The zero-order valence-corrected chi connectivity index (χ0v) is 16.4. The smallest absolute Gasteiger partial charge is 0.259 e. The predicted octanol–water partition coefficient (Wildman–Crippen LogP) is 4.56. The first-order chi connectivity index (χ1) is 13.5. The standard InChI is InChI=1S/C21H20ClN3O3/c1-13-20(14(2)25(24-13)15-7-4-3-5-8-15)21(26)23-17-12-19-18(11-16(17)22)27-9-6-10-28-19/h3-5,7-8,11-12H,6,9-10H2,1-2H3,(H,23,26). The van der Waals surface area contributed by atoms with Crippen molar-refractivity contribution in [3.8, 4) is 17.2 Å². The van der Waals surface area contributed by atoms with Crippen molar-refractivity contribution in [1.29, 1.82) is 0 Å². The number of carbonyl (C=O) groups excluding carboxylic acids is 1. The van der Waals surface area contributed by atoms with E-state index in [0.717, 1.165) is 17.8 Å². The summed E-state index contributed by atoms with van der Waals surface area (Å²) in [5, 5.41) is 7.80. The summed E-state index contributed by atoms with van der Waals surface area (Å²) in [6.45, 7) is 4.82. The van der Waals surface area contributed by atoms with Crippen LogP contribution in [0.4, 0.5) is 5.69 Å². The van der Waals surface area contributed by atoms with Crippen LogP contribution in [0.1, 0.15) is 28.2 Å². The second kappa shape index (κ2) is 7.56. The quantitative estimate of drug-likeness (QED) is 0.703. The van der Waals surface area contributed by atoms with E-state index in [0.29, 0.717) is 46.7 Å². The van der Waals surface area contributed by atoms with Crippen LogP contribution in [0.3, 0.4) is 0 Å². The summed E-state index contributed by atoms with van der Waals surface area (Å²) in [6.07, 6.45) is 0.797. The highest BCUT2D eigenvalue weighted by molar-refractivity contribution is 6.34. The number of hydrogen-bond acceptors (Lipinski definition) is 4. The van der Waals surface area contributed by atoms with Crippen molar-refractivity contribution in [3.05, 3.63) is 64.4 Å². The first kappa shape index (κ1) is 18.4. The lowest BCUT2D eigenvalue weighted by Gasteiger charge is -2.13. The Morgan fingerprint density at radius 3 is 2.50 bits per heavy atom. The van der Waals surface area contributed by atoms with E-state index in [9.17, 15) is 4.79 Å². The average molecular weight is 398 g/mol. The highest BCUT2D eigenvalue weighted by atomic mass is 35.5. The number of nitrogens with one attached hydrogen (secondary N) is 1. The Balaban J connectivity index is 1.65. The Bertz CT molecular complexity index is 1030. The SMILES string of the molecule is Cc1nn(-c2ccccc2)c(C)c1C(=O)Nc1cc2c(cc1Cl)OCCCO2. The molecule has 0 aliphatic carbocycles. The third-order valence-electron chi connectivity index (χ3n) is 4.60. The number of halogens is 1. The summed E-state index contributed by atoms with van der Waals surface area (Å²) in [7, 11) is 0. The lowest BCUT2D eigenvalue weighted by Crippen LogP contribution is -2.14. The fourth-order valence-corrected chi connectivity index (χ4v) is 3.46. The maximum absolute atomic E-state index is 13.0. The molecular weight excluding hydrogens is 378 g/mol. The van der Waals surface area contributed by atoms with Crippen molar-refractivity contribution in [3.63, 3.8) is 0 Å². The Morgan fingerprint density at radius 2 is 1.79 bits per heavy atom. The zero-order chi connectivity index (χ0) is 19.7. The van der Waals surface area contributed by atoms with Crippen LogP contribution in [-0.2, 0) is 0 Å². The summed E-state index contributed by atoms with van der Waals surface area (Å²) >= 11 is 6.36. The van der Waals surface area contributed by atoms with Gasteiger partial charge in [-0.15, -0.1) is 0 Å². The van der Waals surface area contributed by atoms with Gasteiger partial charge in [0.25, 0.3) is 5.91 Å². The number of carbonyl (C=O) groups is 1. The molecule has 0 spiro atoms. The summed E-state index contributed by atoms with van der Waals surface area (Å²) < 4.78 is 13.1. The number of amides is 1. The molecule has 0 saturated heterocycles. The molecule has 0 fully saturated rings. The lowest BCUT2D eigenvalue weighted by molar-refractivity contribution is 0.102. The van der Waals surface area contributed by atoms with E-state index < -0.39 is 0 Å². The molecule has 7 heteroatoms. The highest BCUT2D eigenvalue weighted by Crippen LogP contribution is 2.38. The number of benzene rings is 2. The third kappa shape index (κ3) is 3.43. The van der Waals surface area contributed by atoms with Crippen molar-refractivity contribution in [2.75, 3.05) is 18.5 Å². The van der Waals surface area contributed by atoms with Gasteiger partial charge in [-0.3, -0.25) is 4.79 Å². The largest absolute Gasteiger partial charge is 0.490 e. The molecule has 2 aromatic carbocycles. The van der Waals surface area contributed by atoms with E-state index >= 15 is 0 Å². The van der Waals surface area contributed by atoms with E-state index in [1.807, 2.05) is 44.2 Å². The van der Waals surface area contributed by atoms with Crippen LogP contribution in [-0.4, -0.2) is 28.9 Å². The van der Waals surface area contributed by atoms with Crippen molar-refractivity contribution in [2.24, 2.45) is 0 Å². The van der Waals surface area contributed by atoms with Crippen molar-refractivity contribution < 1.29 is 14.3 Å². The number of ether oxygens (including phenoxy) is 2. The number of hydrogen-bond donors (Lipinski definition) is 1. The van der Waals surface area contributed by atoms with E-state index in [-0.39, 0.29) is 5.91 Å². The summed E-state index contributed by atoms with van der Waals surface area (Å²) in [5.74, 6) is 0.893. The minimum absolute atomic E-state index is 0.270. The second-order valence-electron chi connectivity index (χ2n) is 6.58. The van der Waals surface area contributed by atoms with Crippen LogP contribution >= 0.6 is 11.6 Å². The number of nitrogens with zero attached hydrogens (tertiary/aromatic N) is 2. The van der Waals surface area contributed by atoms with E-state index in [2.05, 4.69) is 10.4 Å². The van der Waals surface area contributed by atoms with Crippen molar-refractivity contribution in [2.45, 2.75) is 20.3 Å². The van der Waals surface area contributed by atoms with E-state index in [4.69, 9.17) is 21.1 Å². The van der Waals surface area contributed by atoms with Gasteiger partial charge < -0.3 is 14.8 Å². The van der Waals surface area contributed by atoms with E-state index in [1.165, 1.54) is 0 Å². The van der Waals surface area contributed by atoms with Gasteiger partial charge in [-0.05, 0) is 26.0 Å². The van der Waals surface area contributed by atoms with Gasteiger partial charge in [-0.1, -0.05) is 29.8 Å². The fraction of sp³-hybridized carbons (Fsp3) is 0.238. The molecule has 1 aromatic heterocycles. The van der Waals surface area contributed by atoms with Crippen LogP contribution in [0.5, 0.6) is 11.5 Å². The maximum atomic E-state index is 13.0. The third-order valence-corrected chi connectivity index (χ3v) is 4.92. The Labute approximate surface area is 168 Å². The number of rotatable bonds is 3. The minimum atomic E-state index is -0.270. The van der Waals surface area contributed by atoms with Crippen molar-refractivity contribution >= 4 is 23.2 Å². The highest BCUT2D eigenvalue weighted by Gasteiger charge is 2.21. The summed E-state index contributed by atoms with van der Waals surface area (Å²) in [4.78, 5) is 13.0. The van der Waals surface area contributed by atoms with Crippen LogP contribution in [0.25, 0.3) is 5.69 Å². The van der Waals surface area contributed by atoms with Crippen LogP contribution < -0.4 is 14.8 Å². The molecule has 2 heterocycles. The molecule has 0 bridgehead atoms. The molecular formula is C21H20ClN3O3. The molecule has 1 N–H and O–H groups in total. The molecule has 1 aliphatic rings. The van der Waals surface area contributed by atoms with Gasteiger partial charge in [0.2, 0.25) is 0 Å². The van der Waals surface area contributed by atoms with Gasteiger partial charge in [-0.25, -0.2) is 4.68 Å². The second-order valence-corrected chi connectivity index (χ2v) is 6.98. The molecule has 1 aliphatic heterocycles. The molecule has 3 aromatic rings. The molecule has 6 nitrogen and oxygen atoms in total. The lowest BCUT2D eigenvalue weighted by atomic mass is 10.1. The molecule has 28 heavy (non-hydrogen) atoms.